The van der Waals surface area contributed by atoms with Crippen LogP contribution in [0.15, 0.2) is 53.6 Å². The van der Waals surface area contributed by atoms with Crippen LogP contribution in [0.3, 0.4) is 0 Å². The fourth-order valence-electron chi connectivity index (χ4n) is 2.01. The number of hydrogen-bond donors (Lipinski definition) is 2. The minimum Gasteiger partial charge on any atom is -0.504 e. The van der Waals surface area contributed by atoms with Crippen molar-refractivity contribution >= 4 is 23.9 Å². The van der Waals surface area contributed by atoms with Gasteiger partial charge in [0.25, 0.3) is 5.91 Å². The van der Waals surface area contributed by atoms with Gasteiger partial charge in [-0.15, -0.1) is 11.8 Å². The van der Waals surface area contributed by atoms with Crippen LogP contribution in [0.4, 0.5) is 0 Å². The van der Waals surface area contributed by atoms with Crippen molar-refractivity contribution in [1.82, 2.24) is 5.43 Å². The molecule has 0 fully saturated rings. The van der Waals surface area contributed by atoms with Crippen molar-refractivity contribution in [1.29, 1.82) is 0 Å². The molecular formula is C19H22N2O3S. The zero-order valence-electron chi connectivity index (χ0n) is 14.3. The number of phenolic OH excluding ortho intramolecular Hbond substituents is 1. The second-order valence-electron chi connectivity index (χ2n) is 5.33. The molecule has 0 aliphatic carbocycles. The average molecular weight is 358 g/mol. The molecule has 1 amide bonds. The molecule has 0 aliphatic rings. The molecule has 0 saturated heterocycles. The van der Waals surface area contributed by atoms with E-state index in [1.165, 1.54) is 17.8 Å². The topological polar surface area (TPSA) is 70.9 Å². The number of carbonyl (C=O) groups is 1. The summed E-state index contributed by atoms with van der Waals surface area (Å²) in [5.74, 6) is 1.09. The van der Waals surface area contributed by atoms with E-state index in [1.54, 1.807) is 23.9 Å². The number of nitrogens with zero attached hydrogens (tertiary/aromatic N) is 1. The molecule has 6 heteroatoms. The summed E-state index contributed by atoms with van der Waals surface area (Å²) >= 11 is 1.56. The van der Waals surface area contributed by atoms with Crippen molar-refractivity contribution in [3.63, 3.8) is 0 Å². The van der Waals surface area contributed by atoms with Crippen LogP contribution < -0.4 is 10.2 Å². The first-order chi connectivity index (χ1) is 12.1. The van der Waals surface area contributed by atoms with E-state index in [4.69, 9.17) is 4.74 Å². The number of hydrazone groups is 1. The van der Waals surface area contributed by atoms with Gasteiger partial charge in [-0.2, -0.15) is 5.10 Å². The average Bonchev–Trinajstić information content (AvgIpc) is 2.63. The lowest BCUT2D eigenvalue weighted by Gasteiger charge is -2.09. The van der Waals surface area contributed by atoms with E-state index in [1.807, 2.05) is 44.2 Å². The van der Waals surface area contributed by atoms with Gasteiger partial charge in [0.1, 0.15) is 0 Å². The maximum absolute atomic E-state index is 12.1. The summed E-state index contributed by atoms with van der Waals surface area (Å²) in [6, 6.07) is 14.9. The number of ether oxygens (including phenoxy) is 1. The predicted octanol–water partition coefficient (Wildman–Crippen LogP) is 3.56. The van der Waals surface area contributed by atoms with Gasteiger partial charge in [0, 0.05) is 5.75 Å². The lowest BCUT2D eigenvalue weighted by atomic mass is 10.2. The Bertz CT molecular complexity index is 720. The van der Waals surface area contributed by atoms with Gasteiger partial charge in [0.2, 0.25) is 0 Å². The largest absolute Gasteiger partial charge is 0.504 e. The number of benzene rings is 2. The van der Waals surface area contributed by atoms with Crippen LogP contribution in [0.5, 0.6) is 11.5 Å². The number of amides is 1. The number of rotatable bonds is 8. The van der Waals surface area contributed by atoms with Crippen LogP contribution in [-0.2, 0) is 10.5 Å². The normalized spacial score (nSPS) is 12.1. The Kier molecular flexibility index (Phi) is 7.35. The van der Waals surface area contributed by atoms with E-state index in [0.717, 1.165) is 11.3 Å². The van der Waals surface area contributed by atoms with E-state index in [0.29, 0.717) is 12.4 Å². The summed E-state index contributed by atoms with van der Waals surface area (Å²) in [7, 11) is 0. The van der Waals surface area contributed by atoms with Crippen LogP contribution in [0.1, 0.15) is 25.0 Å². The first-order valence-electron chi connectivity index (χ1n) is 8.04. The Hall–Kier alpha value is -2.47. The third kappa shape index (κ3) is 6.15. The van der Waals surface area contributed by atoms with Gasteiger partial charge in [0.05, 0.1) is 18.1 Å². The fourth-order valence-corrected chi connectivity index (χ4v) is 2.85. The molecule has 132 valence electrons. The van der Waals surface area contributed by atoms with Crippen LogP contribution in [0, 0.1) is 0 Å². The Morgan fingerprint density at radius 2 is 2.08 bits per heavy atom. The molecule has 1 atom stereocenters. The third-order valence-corrected chi connectivity index (χ3v) is 4.60. The van der Waals surface area contributed by atoms with Gasteiger partial charge in [-0.05, 0) is 43.2 Å². The molecule has 0 aliphatic heterocycles. The molecule has 0 unspecified atom stereocenters. The number of thioether (sulfide) groups is 1. The van der Waals surface area contributed by atoms with Gasteiger partial charge in [-0.25, -0.2) is 5.43 Å². The molecule has 2 aromatic carbocycles. The standard InChI is InChI=1S/C19H22N2O3S/c1-3-24-18-11-16(9-10-17(18)22)12-20-21-19(23)14(2)25-13-15-7-5-4-6-8-15/h4-12,14,22H,3,13H2,1-2H3,(H,21,23)/b20-12+/t14-/m0/s1. The highest BCUT2D eigenvalue weighted by Gasteiger charge is 2.12. The summed E-state index contributed by atoms with van der Waals surface area (Å²) in [6.07, 6.45) is 1.52. The van der Waals surface area contributed by atoms with Crippen molar-refractivity contribution in [2.75, 3.05) is 6.61 Å². The molecule has 0 bridgehead atoms. The molecule has 2 aromatic rings. The summed E-state index contributed by atoms with van der Waals surface area (Å²) in [4.78, 5) is 12.1. The minimum atomic E-state index is -0.212. The van der Waals surface area contributed by atoms with Crippen molar-refractivity contribution < 1.29 is 14.6 Å². The second-order valence-corrected chi connectivity index (χ2v) is 6.66. The summed E-state index contributed by atoms with van der Waals surface area (Å²) < 4.78 is 5.31. The van der Waals surface area contributed by atoms with Gasteiger partial charge in [-0.3, -0.25) is 4.79 Å². The van der Waals surface area contributed by atoms with Crippen LogP contribution >= 0.6 is 11.8 Å². The van der Waals surface area contributed by atoms with Gasteiger partial charge >= 0.3 is 0 Å². The molecule has 25 heavy (non-hydrogen) atoms. The Morgan fingerprint density at radius 3 is 2.80 bits per heavy atom. The highest BCUT2D eigenvalue weighted by atomic mass is 32.2. The Balaban J connectivity index is 1.84. The van der Waals surface area contributed by atoms with E-state index < -0.39 is 0 Å². The molecule has 2 N–H and O–H groups in total. The Morgan fingerprint density at radius 1 is 1.32 bits per heavy atom. The first kappa shape index (κ1) is 18.9. The van der Waals surface area contributed by atoms with Crippen molar-refractivity contribution in [2.45, 2.75) is 24.9 Å². The van der Waals surface area contributed by atoms with Crippen LogP contribution in [-0.4, -0.2) is 29.1 Å². The quantitative estimate of drug-likeness (QED) is 0.559. The predicted molar refractivity (Wildman–Crippen MR) is 102 cm³/mol. The van der Waals surface area contributed by atoms with Crippen molar-refractivity contribution in [3.05, 3.63) is 59.7 Å². The highest BCUT2D eigenvalue weighted by molar-refractivity contribution is 7.99. The van der Waals surface area contributed by atoms with Crippen LogP contribution in [0.2, 0.25) is 0 Å². The smallest absolute Gasteiger partial charge is 0.252 e. The molecule has 5 nitrogen and oxygen atoms in total. The van der Waals surface area contributed by atoms with Crippen molar-refractivity contribution in [2.24, 2.45) is 5.10 Å². The Labute approximate surface area is 152 Å². The van der Waals surface area contributed by atoms with Gasteiger partial charge < -0.3 is 9.84 Å². The number of nitrogens with one attached hydrogen (secondary N) is 1. The monoisotopic (exact) mass is 358 g/mol. The number of aromatic hydroxyl groups is 1. The summed E-state index contributed by atoms with van der Waals surface area (Å²) in [5.41, 5.74) is 4.45. The van der Waals surface area contributed by atoms with Crippen LogP contribution in [0.25, 0.3) is 0 Å². The van der Waals surface area contributed by atoms with E-state index in [9.17, 15) is 9.90 Å². The van der Waals surface area contributed by atoms with E-state index >= 15 is 0 Å². The summed E-state index contributed by atoms with van der Waals surface area (Å²) in [5, 5.41) is 13.4. The zero-order chi connectivity index (χ0) is 18.1. The van der Waals surface area contributed by atoms with Gasteiger partial charge in [0.15, 0.2) is 11.5 Å². The molecule has 2 rings (SSSR count). The first-order valence-corrected chi connectivity index (χ1v) is 9.09. The lowest BCUT2D eigenvalue weighted by molar-refractivity contribution is -0.120. The maximum atomic E-state index is 12.1. The number of carbonyl (C=O) groups excluding carboxylic acids is 1. The number of phenols is 1. The highest BCUT2D eigenvalue weighted by Crippen LogP contribution is 2.26. The lowest BCUT2D eigenvalue weighted by Crippen LogP contribution is -2.27. The third-order valence-electron chi connectivity index (χ3n) is 3.38. The van der Waals surface area contributed by atoms with E-state index in [2.05, 4.69) is 10.5 Å². The molecule has 0 aromatic heterocycles. The second kappa shape index (κ2) is 9.74. The molecule has 0 heterocycles. The summed E-state index contributed by atoms with van der Waals surface area (Å²) in [6.45, 7) is 4.15. The molecule has 0 spiro atoms. The number of hydrogen-bond acceptors (Lipinski definition) is 5. The fraction of sp³-hybridized carbons (Fsp3) is 0.263. The molecule has 0 radical (unpaired) electrons. The van der Waals surface area contributed by atoms with Gasteiger partial charge in [-0.1, -0.05) is 30.3 Å². The zero-order valence-corrected chi connectivity index (χ0v) is 15.1. The van der Waals surface area contributed by atoms with E-state index in [-0.39, 0.29) is 16.9 Å². The SMILES string of the molecule is CCOc1cc(/C=N/NC(=O)[C@H](C)SCc2ccccc2)ccc1O. The minimum absolute atomic E-state index is 0.0777. The van der Waals surface area contributed by atoms with Crippen molar-refractivity contribution in [3.8, 4) is 11.5 Å². The molecule has 0 saturated carbocycles. The maximum Gasteiger partial charge on any atom is 0.252 e. The molecular weight excluding hydrogens is 336 g/mol.